The second-order valence-corrected chi connectivity index (χ2v) is 6.98. The predicted molar refractivity (Wildman–Crippen MR) is 106 cm³/mol. The first kappa shape index (κ1) is 17.1. The molecule has 0 N–H and O–H groups in total. The third-order valence-corrected chi connectivity index (χ3v) is 5.04. The van der Waals surface area contributed by atoms with Gasteiger partial charge in [0.2, 0.25) is 0 Å². The molecule has 0 spiro atoms. The molecule has 0 fully saturated rings. The van der Waals surface area contributed by atoms with Crippen molar-refractivity contribution in [3.63, 3.8) is 0 Å². The zero-order chi connectivity index (χ0) is 19.5. The molecule has 2 heterocycles. The van der Waals surface area contributed by atoms with Gasteiger partial charge in [0.1, 0.15) is 0 Å². The topological polar surface area (TPSA) is 78.1 Å². The summed E-state index contributed by atoms with van der Waals surface area (Å²) in [6.45, 7) is 5.51. The summed E-state index contributed by atoms with van der Waals surface area (Å²) in [5.74, 6) is 0. The van der Waals surface area contributed by atoms with Crippen LogP contribution in [0.1, 0.15) is 32.4 Å². The number of hydrogen-bond donors (Lipinski definition) is 0. The highest BCUT2D eigenvalue weighted by atomic mass is 16.2. The molecular formula is C21H18N2O4. The summed E-state index contributed by atoms with van der Waals surface area (Å²) in [5.41, 5.74) is -0.257. The quantitative estimate of drug-likeness (QED) is 0.559. The van der Waals surface area contributed by atoms with Gasteiger partial charge in [-0.1, -0.05) is 19.1 Å². The van der Waals surface area contributed by atoms with Crippen molar-refractivity contribution in [2.45, 2.75) is 33.2 Å². The van der Waals surface area contributed by atoms with Gasteiger partial charge in [0.25, 0.3) is 22.2 Å². The van der Waals surface area contributed by atoms with Crippen LogP contribution in [0.5, 0.6) is 0 Å². The molecule has 0 aliphatic heterocycles. The third-order valence-electron chi connectivity index (χ3n) is 5.04. The van der Waals surface area contributed by atoms with Crippen molar-refractivity contribution >= 4 is 21.5 Å². The average molecular weight is 362 g/mol. The standard InChI is InChI=1S/C21H18N2O4/c1-4-12-5-7-13(8-6-12)23-20(26)16-9-14-15(10-17(16)21(23)27)19(25)22(11(2)3)18(14)24/h5-11H,4H2,1-3H3. The molecule has 136 valence electrons. The molecule has 4 rings (SSSR count). The molecule has 0 amide bonds. The molecule has 27 heavy (non-hydrogen) atoms. The van der Waals surface area contributed by atoms with Gasteiger partial charge in [-0.3, -0.25) is 23.7 Å². The largest absolute Gasteiger partial charge is 0.272 e. The lowest BCUT2D eigenvalue weighted by atomic mass is 10.1. The van der Waals surface area contributed by atoms with E-state index in [1.807, 2.05) is 19.1 Å². The lowest BCUT2D eigenvalue weighted by Gasteiger charge is -2.02. The molecular weight excluding hydrogens is 344 g/mol. The highest BCUT2D eigenvalue weighted by Gasteiger charge is 2.20. The fourth-order valence-corrected chi connectivity index (χ4v) is 3.58. The lowest BCUT2D eigenvalue weighted by Crippen LogP contribution is -2.27. The van der Waals surface area contributed by atoms with E-state index in [4.69, 9.17) is 0 Å². The minimum atomic E-state index is -0.481. The summed E-state index contributed by atoms with van der Waals surface area (Å²) >= 11 is 0. The molecule has 6 nitrogen and oxygen atoms in total. The number of aromatic nitrogens is 2. The van der Waals surface area contributed by atoms with Crippen LogP contribution in [0.2, 0.25) is 0 Å². The fraction of sp³-hybridized carbons (Fsp3) is 0.238. The first-order valence-electron chi connectivity index (χ1n) is 8.88. The molecule has 6 heteroatoms. The Balaban J connectivity index is 2.08. The Hall–Kier alpha value is -3.28. The second-order valence-electron chi connectivity index (χ2n) is 6.98. The van der Waals surface area contributed by atoms with Crippen molar-refractivity contribution in [1.82, 2.24) is 9.13 Å². The van der Waals surface area contributed by atoms with Crippen LogP contribution >= 0.6 is 0 Å². The number of nitrogens with zero attached hydrogens (tertiary/aromatic N) is 2. The minimum Gasteiger partial charge on any atom is -0.272 e. The van der Waals surface area contributed by atoms with E-state index in [2.05, 4.69) is 0 Å². The Labute approximate surface area is 153 Å². The highest BCUT2D eigenvalue weighted by Crippen LogP contribution is 2.17. The summed E-state index contributed by atoms with van der Waals surface area (Å²) in [5, 5.41) is 0.670. The van der Waals surface area contributed by atoms with Crippen LogP contribution in [0.25, 0.3) is 27.2 Å². The van der Waals surface area contributed by atoms with E-state index in [-0.39, 0.29) is 27.6 Å². The number of fused-ring (bicyclic) bond motifs is 2. The van der Waals surface area contributed by atoms with Gasteiger partial charge in [-0.2, -0.15) is 0 Å². The monoisotopic (exact) mass is 362 g/mol. The van der Waals surface area contributed by atoms with Crippen LogP contribution < -0.4 is 22.2 Å². The number of rotatable bonds is 3. The van der Waals surface area contributed by atoms with Gasteiger partial charge < -0.3 is 0 Å². The zero-order valence-electron chi connectivity index (χ0n) is 15.3. The van der Waals surface area contributed by atoms with Crippen LogP contribution in [-0.2, 0) is 6.42 Å². The summed E-state index contributed by atoms with van der Waals surface area (Å²) in [6.07, 6.45) is 0.853. The van der Waals surface area contributed by atoms with E-state index in [9.17, 15) is 19.2 Å². The third kappa shape index (κ3) is 2.33. The maximum Gasteiger partial charge on any atom is 0.266 e. The van der Waals surface area contributed by atoms with Gasteiger partial charge in [-0.05, 0) is 50.1 Å². The molecule has 0 bridgehead atoms. The van der Waals surface area contributed by atoms with Crippen LogP contribution in [0.4, 0.5) is 0 Å². The average Bonchev–Trinajstić information content (AvgIpc) is 3.05. The fourth-order valence-electron chi connectivity index (χ4n) is 3.58. The van der Waals surface area contributed by atoms with Gasteiger partial charge >= 0.3 is 0 Å². The van der Waals surface area contributed by atoms with Gasteiger partial charge in [0.05, 0.1) is 27.2 Å². The number of benzene rings is 2. The van der Waals surface area contributed by atoms with Gasteiger partial charge in [0.15, 0.2) is 0 Å². The lowest BCUT2D eigenvalue weighted by molar-refractivity contribution is 0.574. The van der Waals surface area contributed by atoms with Crippen molar-refractivity contribution in [3.8, 4) is 5.69 Å². The molecule has 0 aliphatic carbocycles. The normalized spacial score (nSPS) is 11.9. The highest BCUT2D eigenvalue weighted by molar-refractivity contribution is 5.98. The van der Waals surface area contributed by atoms with E-state index in [0.717, 1.165) is 21.1 Å². The van der Waals surface area contributed by atoms with E-state index < -0.39 is 22.2 Å². The van der Waals surface area contributed by atoms with Gasteiger partial charge in [-0.25, -0.2) is 4.57 Å². The van der Waals surface area contributed by atoms with Crippen molar-refractivity contribution < 1.29 is 0 Å². The van der Waals surface area contributed by atoms with E-state index in [1.54, 1.807) is 26.0 Å². The Morgan fingerprint density at radius 3 is 1.59 bits per heavy atom. The molecule has 0 saturated carbocycles. The van der Waals surface area contributed by atoms with Crippen molar-refractivity contribution in [2.24, 2.45) is 0 Å². The molecule has 2 aromatic carbocycles. The molecule has 2 aromatic heterocycles. The Morgan fingerprint density at radius 1 is 0.741 bits per heavy atom. The Kier molecular flexibility index (Phi) is 3.73. The number of aryl methyl sites for hydroxylation is 1. The SMILES string of the molecule is CCc1ccc(-n2c(=O)c3cc4c(=O)n(C(C)C)c(=O)c4cc3c2=O)cc1. The molecule has 0 aliphatic rings. The minimum absolute atomic E-state index is 0.157. The van der Waals surface area contributed by atoms with Gasteiger partial charge in [0, 0.05) is 6.04 Å². The first-order valence-corrected chi connectivity index (χ1v) is 8.88. The number of hydrogen-bond acceptors (Lipinski definition) is 4. The Morgan fingerprint density at radius 2 is 1.19 bits per heavy atom. The Bertz CT molecular complexity index is 1320. The van der Waals surface area contributed by atoms with Crippen molar-refractivity contribution in [1.29, 1.82) is 0 Å². The van der Waals surface area contributed by atoms with Crippen LogP contribution in [0.3, 0.4) is 0 Å². The predicted octanol–water partition coefficient (Wildman–Crippen LogP) is 2.04. The molecule has 0 saturated heterocycles. The molecule has 0 radical (unpaired) electrons. The van der Waals surface area contributed by atoms with Gasteiger partial charge in [-0.15, -0.1) is 0 Å². The maximum absolute atomic E-state index is 12.9. The van der Waals surface area contributed by atoms with Crippen LogP contribution in [0, 0.1) is 0 Å². The van der Waals surface area contributed by atoms with E-state index in [0.29, 0.717) is 5.69 Å². The molecule has 4 aromatic rings. The first-order chi connectivity index (χ1) is 12.8. The van der Waals surface area contributed by atoms with Crippen molar-refractivity contribution in [2.75, 3.05) is 0 Å². The summed E-state index contributed by atoms with van der Waals surface area (Å²) < 4.78 is 2.24. The van der Waals surface area contributed by atoms with Crippen LogP contribution in [-0.4, -0.2) is 9.13 Å². The maximum atomic E-state index is 12.9. The zero-order valence-corrected chi connectivity index (χ0v) is 15.3. The van der Waals surface area contributed by atoms with E-state index in [1.165, 1.54) is 12.1 Å². The summed E-state index contributed by atoms with van der Waals surface area (Å²) in [4.78, 5) is 50.8. The molecule has 0 atom stereocenters. The second kappa shape index (κ2) is 5.87. The summed E-state index contributed by atoms with van der Waals surface area (Å²) in [7, 11) is 0. The smallest absolute Gasteiger partial charge is 0.266 e. The summed E-state index contributed by atoms with van der Waals surface area (Å²) in [6, 6.07) is 9.66. The molecule has 0 unspecified atom stereocenters. The van der Waals surface area contributed by atoms with Crippen molar-refractivity contribution in [3.05, 3.63) is 83.4 Å². The van der Waals surface area contributed by atoms with Crippen LogP contribution in [0.15, 0.2) is 55.6 Å². The van der Waals surface area contributed by atoms with E-state index >= 15 is 0 Å².